The van der Waals surface area contributed by atoms with E-state index >= 15 is 0 Å². The van der Waals surface area contributed by atoms with Gasteiger partial charge in [0.15, 0.2) is 5.78 Å². The maximum absolute atomic E-state index is 10.7. The van der Waals surface area contributed by atoms with E-state index < -0.39 is 30.4 Å². The summed E-state index contributed by atoms with van der Waals surface area (Å²) in [7, 11) is -8.35. The van der Waals surface area contributed by atoms with Crippen LogP contribution in [0.5, 0.6) is 40.2 Å². The number of carbonyl (C=O) groups is 1. The van der Waals surface area contributed by atoms with Gasteiger partial charge < -0.3 is 43.7 Å². The number of carbonyl (C=O) groups excluding carboxylic acids is 5. The molecule has 7 aromatic carbocycles. The lowest BCUT2D eigenvalue weighted by atomic mass is 10.2. The van der Waals surface area contributed by atoms with Gasteiger partial charge in [0.2, 0.25) is 0 Å². The third kappa shape index (κ3) is 73.9. The minimum Gasteiger partial charge on any atom is -0.508 e. The molecule has 7 aromatic rings. The SMILES string of the molecule is C=C(CCl)COS(C)(=O)=O.C=C(CCl)COS(C)(=O)=O.C=C(CCl)COS(C)(=O)=O.C=C(CCl)COc1ccccc1.C=C(CO)CO.C=C(COc1ccccc1)CSc1ccc(OC)c(C)c1.C=C(COc1ccccc1)CSc1ccc(OCCC)c(C)c1.CC(=O)COc1ccc(S)cc1C.O=C=O.O=C=O.Oc1ccccc1. The predicted octanol–water partition coefficient (Wildman–Crippen LogP) is 17.4. The first-order valence-electron chi connectivity index (χ1n) is 34.7. The molecule has 0 fully saturated rings. The molecule has 650 valence electrons. The van der Waals surface area contributed by atoms with Crippen molar-refractivity contribution in [3.8, 4) is 40.2 Å². The lowest BCUT2D eigenvalue weighted by Crippen LogP contribution is -2.07. The van der Waals surface area contributed by atoms with Crippen LogP contribution in [-0.2, 0) is 66.9 Å². The van der Waals surface area contributed by atoms with E-state index in [2.05, 4.69) is 122 Å². The number of thiol groups is 1. The second kappa shape index (κ2) is 72.6. The minimum atomic E-state index is -3.35. The average molecular weight is 1830 g/mol. The fourth-order valence-electron chi connectivity index (χ4n) is 6.77. The number of aromatic hydroxyl groups is 1. The van der Waals surface area contributed by atoms with Crippen molar-refractivity contribution in [2.75, 3.05) is 127 Å². The smallest absolute Gasteiger partial charge is 0.373 e. The van der Waals surface area contributed by atoms with Crippen LogP contribution in [0.2, 0.25) is 0 Å². The number of halogens is 4. The normalized spacial score (nSPS) is 9.83. The van der Waals surface area contributed by atoms with E-state index in [-0.39, 0.29) is 75.4 Å². The highest BCUT2D eigenvalue weighted by molar-refractivity contribution is 7.99. The predicted molar refractivity (Wildman–Crippen MR) is 478 cm³/mol. The molecule has 0 heterocycles. The highest BCUT2D eigenvalue weighted by Gasteiger charge is 2.08. The summed E-state index contributed by atoms with van der Waals surface area (Å²) in [5, 5.41) is 24.8. The number of aryl methyl sites for hydroxylation is 3. The third-order valence-electron chi connectivity index (χ3n) is 12.4. The Hall–Kier alpha value is -8.39. The lowest BCUT2D eigenvalue weighted by Gasteiger charge is -2.11. The van der Waals surface area contributed by atoms with Gasteiger partial charge in [0.25, 0.3) is 30.4 Å². The van der Waals surface area contributed by atoms with E-state index in [4.69, 9.17) is 109 Å². The van der Waals surface area contributed by atoms with Crippen molar-refractivity contribution >= 4 is 131 Å². The van der Waals surface area contributed by atoms with E-state index in [0.717, 1.165) is 111 Å². The Kier molecular flexibility index (Phi) is 71.3. The third-order valence-corrected chi connectivity index (χ3v) is 18.1. The second-order valence-corrected chi connectivity index (χ2v) is 32.3. The molecule has 3 N–H and O–H groups in total. The maximum atomic E-state index is 10.7. The Balaban J connectivity index is -0.000000632. The summed E-state index contributed by atoms with van der Waals surface area (Å²) < 4.78 is 108. The van der Waals surface area contributed by atoms with Gasteiger partial charge in [0.1, 0.15) is 66.7 Å². The lowest BCUT2D eigenvalue weighted by molar-refractivity contribution is -0.193. The van der Waals surface area contributed by atoms with Gasteiger partial charge in [-0.05, 0) is 193 Å². The molecule has 0 spiro atoms. The number of aliphatic hydroxyl groups excluding tert-OH is 2. The number of alkyl halides is 4. The second-order valence-electron chi connectivity index (χ2n) is 23.7. The number of ether oxygens (including phenoxy) is 6. The van der Waals surface area contributed by atoms with Crippen molar-refractivity contribution in [3.63, 3.8) is 0 Å². The highest BCUT2D eigenvalue weighted by atomic mass is 35.5. The molecule has 33 heteroatoms. The molecular formula is C85H108Cl4O23S6. The van der Waals surface area contributed by atoms with Gasteiger partial charge in [-0.25, -0.2) is 0 Å². The number of methoxy groups -OCH3 is 1. The molecule has 0 aliphatic rings. The minimum absolute atomic E-state index is 0.0225. The number of hydrogen-bond donors (Lipinski definition) is 4. The van der Waals surface area contributed by atoms with Crippen LogP contribution < -0.4 is 28.4 Å². The summed E-state index contributed by atoms with van der Waals surface area (Å²) >= 11 is 29.2. The molecule has 118 heavy (non-hydrogen) atoms. The number of Topliss-reactive ketones (excluding diaryl/α,β-unsaturated/α-hetero) is 1. The number of aliphatic hydroxyl groups is 2. The number of phenolic OH excluding ortho intramolecular Hbond substituents is 1. The molecule has 0 saturated heterocycles. The Morgan fingerprint density at radius 2 is 0.720 bits per heavy atom. The van der Waals surface area contributed by atoms with Crippen LogP contribution >= 0.6 is 82.6 Å². The van der Waals surface area contributed by atoms with E-state index in [1.54, 1.807) is 54.9 Å². The Morgan fingerprint density at radius 3 is 0.983 bits per heavy atom. The van der Waals surface area contributed by atoms with Gasteiger partial charge in [-0.2, -0.15) is 44.4 Å². The summed E-state index contributed by atoms with van der Waals surface area (Å²) in [4.78, 5) is 46.5. The number of benzene rings is 7. The fourth-order valence-corrected chi connectivity index (χ4v) is 10.2. The van der Waals surface area contributed by atoms with Crippen molar-refractivity contribution in [2.24, 2.45) is 0 Å². The number of ketones is 1. The van der Waals surface area contributed by atoms with Crippen molar-refractivity contribution < 1.29 is 106 Å². The molecule has 0 bridgehead atoms. The quantitative estimate of drug-likeness (QED) is 0.00924. The highest BCUT2D eigenvalue weighted by Crippen LogP contribution is 2.29. The molecule has 0 unspecified atom stereocenters. The van der Waals surface area contributed by atoms with Crippen LogP contribution in [0, 0.1) is 20.8 Å². The molecule has 0 aromatic heterocycles. The zero-order valence-corrected chi connectivity index (χ0v) is 75.7. The molecule has 0 radical (unpaired) electrons. The molecule has 23 nitrogen and oxygen atoms in total. The van der Waals surface area contributed by atoms with Crippen molar-refractivity contribution in [2.45, 2.75) is 55.7 Å². The van der Waals surface area contributed by atoms with Crippen LogP contribution in [0.25, 0.3) is 0 Å². The van der Waals surface area contributed by atoms with E-state index in [1.165, 1.54) is 22.3 Å². The van der Waals surface area contributed by atoms with Crippen molar-refractivity contribution in [1.82, 2.24) is 0 Å². The number of rotatable bonds is 37. The van der Waals surface area contributed by atoms with Gasteiger partial charge in [-0.3, -0.25) is 17.3 Å². The summed E-state index contributed by atoms with van der Waals surface area (Å²) in [6, 6.07) is 56.1. The van der Waals surface area contributed by atoms with Crippen molar-refractivity contribution in [3.05, 3.63) is 278 Å². The summed E-state index contributed by atoms with van der Waals surface area (Å²) in [6.45, 7) is 37.4. The van der Waals surface area contributed by atoms with Crippen LogP contribution in [0.4, 0.5) is 0 Å². The first-order valence-corrected chi connectivity index (χ1v) is 44.7. The molecular weight excluding hydrogens is 1720 g/mol. The average Bonchev–Trinajstić information content (AvgIpc) is 0.881. The molecule has 7 rings (SSSR count). The number of hydrogen-bond acceptors (Lipinski definition) is 26. The maximum Gasteiger partial charge on any atom is 0.373 e. The monoisotopic (exact) mass is 1830 g/mol. The number of thioether (sulfide) groups is 2. The number of para-hydroxylation sites is 4. The summed E-state index contributed by atoms with van der Waals surface area (Å²) in [5.41, 5.74) is 8.44. The molecule has 0 aliphatic heterocycles. The molecule has 0 amide bonds. The standard InChI is InChI=1S/C20H24O2S.C18H20O2S.C10H11ClO.C10H12O2S.C6H6O.3C5H9ClO3S.C4H8O2.2CO2/c1-4-12-21-20-11-10-19(13-17(20)3)23-15-16(2)14-22-18-8-6-5-7-9-18;1-14(12-20-16-7-5-4-6-8-16)13-21-17-9-10-18(19-3)15(2)11-17;1-9(7-11)8-12-10-5-3-2-4-6-10;1-7-5-9(13)3-4-10(7)12-6-8(2)11;7-6-4-2-1-3-5-6;3*1-5(3-6)4-9-10(2,7)8;1-4(2-5)3-6;2*2-1-3/h5-11,13H,2,4,12,14-15H2,1,3H3;4-11H,1,12-13H2,2-3H3;2-6H,1,7-8H2;3-5,13H,6H2,1-2H3;1-5,7H;3*1,3-4H2,2H3;5-6H,1-3H2;;. The van der Waals surface area contributed by atoms with Crippen molar-refractivity contribution in [1.29, 1.82) is 0 Å². The van der Waals surface area contributed by atoms with Crippen LogP contribution in [0.3, 0.4) is 0 Å². The number of phenols is 1. The van der Waals surface area contributed by atoms with Gasteiger partial charge in [0, 0.05) is 49.7 Å². The summed E-state index contributed by atoms with van der Waals surface area (Å²) in [6.07, 6.45) is 4.47. The molecule has 0 aliphatic carbocycles. The summed E-state index contributed by atoms with van der Waals surface area (Å²) in [5.74, 6) is 8.39. The Morgan fingerprint density at radius 1 is 0.424 bits per heavy atom. The van der Waals surface area contributed by atoms with E-state index in [1.807, 2.05) is 128 Å². The van der Waals surface area contributed by atoms with Gasteiger partial charge >= 0.3 is 12.3 Å². The van der Waals surface area contributed by atoms with Crippen LogP contribution in [0.15, 0.2) is 276 Å². The first-order chi connectivity index (χ1) is 55.7. The molecule has 0 saturated carbocycles. The van der Waals surface area contributed by atoms with Crippen LogP contribution in [0.1, 0.15) is 37.0 Å². The zero-order valence-electron chi connectivity index (χ0n) is 67.7. The Labute approximate surface area is 731 Å². The fraction of sp³-hybridized carbons (Fsp3) is 0.306. The molecule has 0 atom stereocenters. The largest absolute Gasteiger partial charge is 0.508 e. The first kappa shape index (κ1) is 116. The van der Waals surface area contributed by atoms with E-state index in [0.29, 0.717) is 53.7 Å². The zero-order chi connectivity index (χ0) is 90.3. The Bertz CT molecular complexity index is 4310. The van der Waals surface area contributed by atoms with Gasteiger partial charge in [0.05, 0.1) is 65.5 Å². The van der Waals surface area contributed by atoms with E-state index in [9.17, 15) is 30.0 Å². The van der Waals surface area contributed by atoms with Crippen LogP contribution in [-0.4, -0.2) is 186 Å². The van der Waals surface area contributed by atoms with Gasteiger partial charge in [-0.1, -0.05) is 126 Å². The van der Waals surface area contributed by atoms with Gasteiger partial charge in [-0.15, -0.1) is 82.6 Å². The topological polar surface area (TPSA) is 332 Å².